The number of amidine groups is 2. The molecule has 0 fully saturated rings. The molecule has 0 saturated heterocycles. The van der Waals surface area contributed by atoms with E-state index in [9.17, 15) is 0 Å². The summed E-state index contributed by atoms with van der Waals surface area (Å²) in [5.41, 5.74) is 10.4. The van der Waals surface area contributed by atoms with E-state index in [0.717, 1.165) is 88.7 Å². The summed E-state index contributed by atoms with van der Waals surface area (Å²) in [6.07, 6.45) is -0.328. The van der Waals surface area contributed by atoms with Crippen LogP contribution in [0.3, 0.4) is 0 Å². The molecule has 7 aromatic carbocycles. The molecule has 1 N–H and O–H groups in total. The van der Waals surface area contributed by atoms with Gasteiger partial charge >= 0.3 is 0 Å². The van der Waals surface area contributed by atoms with Crippen LogP contribution in [-0.4, -0.2) is 11.7 Å². The van der Waals surface area contributed by atoms with E-state index in [1.165, 1.54) is 0 Å². The van der Waals surface area contributed by atoms with Gasteiger partial charge in [-0.25, -0.2) is 9.98 Å². The van der Waals surface area contributed by atoms with Crippen LogP contribution in [-0.2, 0) is 0 Å². The van der Waals surface area contributed by atoms with Gasteiger partial charge in [0.15, 0.2) is 11.4 Å². The minimum atomic E-state index is -0.328. The summed E-state index contributed by atoms with van der Waals surface area (Å²) in [6.45, 7) is 0. The normalized spacial score (nSPS) is 14.4. The first-order valence-electron chi connectivity index (χ1n) is 16.6. The first-order chi connectivity index (χ1) is 24.8. The Morgan fingerprint density at radius 1 is 0.540 bits per heavy atom. The van der Waals surface area contributed by atoms with E-state index in [4.69, 9.17) is 18.8 Å². The molecule has 1 aliphatic heterocycles. The molecule has 5 heteroatoms. The lowest BCUT2D eigenvalue weighted by Gasteiger charge is -2.24. The van der Waals surface area contributed by atoms with Crippen LogP contribution in [0.1, 0.15) is 22.9 Å². The van der Waals surface area contributed by atoms with Crippen LogP contribution >= 0.6 is 0 Å². The van der Waals surface area contributed by atoms with Crippen LogP contribution in [0.5, 0.6) is 0 Å². The fraction of sp³-hybridized carbons (Fsp3) is 0.0222. The standard InChI is InChI=1S/C45H27N3O2/c1-3-12-28(13-4-1)43-46-44(29-14-5-2-6-15-29)48-45(47-43)32-17-9-16-30(26-32)33-19-11-22-37-38-27-31(24-25-40(38)50-42(33)37)34-20-10-21-36-35-18-7-8-23-39(35)49-41(34)36/h1-9,11-20,22-27,45H,(H,46,47,48). The summed E-state index contributed by atoms with van der Waals surface area (Å²) < 4.78 is 12.9. The molecule has 0 aliphatic carbocycles. The van der Waals surface area contributed by atoms with E-state index < -0.39 is 0 Å². The Balaban J connectivity index is 1.06. The molecule has 3 heterocycles. The summed E-state index contributed by atoms with van der Waals surface area (Å²) in [4.78, 5) is 10.0. The predicted molar refractivity (Wildman–Crippen MR) is 201 cm³/mol. The zero-order valence-corrected chi connectivity index (χ0v) is 26.7. The third kappa shape index (κ3) is 4.66. The van der Waals surface area contributed by atoms with Gasteiger partial charge in [0, 0.05) is 44.5 Å². The quantitative estimate of drug-likeness (QED) is 0.203. The average molecular weight is 642 g/mol. The summed E-state index contributed by atoms with van der Waals surface area (Å²) in [6, 6.07) is 58.0. The van der Waals surface area contributed by atoms with Gasteiger partial charge in [-0.1, -0.05) is 127 Å². The smallest absolute Gasteiger partial charge is 0.159 e. The van der Waals surface area contributed by atoms with E-state index >= 15 is 0 Å². The van der Waals surface area contributed by atoms with Gasteiger partial charge in [0.05, 0.1) is 5.39 Å². The molecule has 0 bridgehead atoms. The van der Waals surface area contributed by atoms with Crippen LogP contribution in [0.15, 0.2) is 170 Å². The third-order valence-corrected chi connectivity index (χ3v) is 9.40. The highest BCUT2D eigenvalue weighted by atomic mass is 16.3. The number of hydrogen-bond donors (Lipinski definition) is 1. The lowest BCUT2D eigenvalue weighted by molar-refractivity contribution is 0.668. The molecule has 10 rings (SSSR count). The van der Waals surface area contributed by atoms with Crippen LogP contribution in [0.25, 0.3) is 66.1 Å². The molecule has 1 unspecified atom stereocenters. The molecule has 0 amide bonds. The molecule has 0 saturated carbocycles. The molecular formula is C45H27N3O2. The Morgan fingerprint density at radius 2 is 1.24 bits per heavy atom. The van der Waals surface area contributed by atoms with Gasteiger partial charge < -0.3 is 14.2 Å². The monoisotopic (exact) mass is 641 g/mol. The second-order valence-electron chi connectivity index (χ2n) is 12.4. The number of hydrogen-bond acceptors (Lipinski definition) is 5. The number of fused-ring (bicyclic) bond motifs is 6. The minimum absolute atomic E-state index is 0.328. The van der Waals surface area contributed by atoms with Gasteiger partial charge in [0.1, 0.15) is 28.8 Å². The van der Waals surface area contributed by atoms with Crippen molar-refractivity contribution in [1.29, 1.82) is 0 Å². The Kier molecular flexibility index (Phi) is 6.40. The summed E-state index contributed by atoms with van der Waals surface area (Å²) in [7, 11) is 0. The lowest BCUT2D eigenvalue weighted by Crippen LogP contribution is -2.33. The number of para-hydroxylation sites is 2. The highest BCUT2D eigenvalue weighted by Crippen LogP contribution is 2.40. The molecule has 5 nitrogen and oxygen atoms in total. The fourth-order valence-corrected chi connectivity index (χ4v) is 6.97. The van der Waals surface area contributed by atoms with Crippen molar-refractivity contribution >= 4 is 55.5 Å². The number of nitrogens with zero attached hydrogens (tertiary/aromatic N) is 2. The van der Waals surface area contributed by atoms with Crippen molar-refractivity contribution in [3.8, 4) is 22.3 Å². The largest absolute Gasteiger partial charge is 0.455 e. The maximum atomic E-state index is 6.60. The van der Waals surface area contributed by atoms with Crippen molar-refractivity contribution < 1.29 is 8.83 Å². The Hall–Kier alpha value is -6.90. The van der Waals surface area contributed by atoms with Crippen molar-refractivity contribution in [1.82, 2.24) is 5.32 Å². The topological polar surface area (TPSA) is 63.0 Å². The van der Waals surface area contributed by atoms with Crippen molar-refractivity contribution in [2.75, 3.05) is 0 Å². The molecule has 1 atom stereocenters. The molecule has 0 spiro atoms. The number of rotatable bonds is 5. The first-order valence-corrected chi connectivity index (χ1v) is 16.6. The highest BCUT2D eigenvalue weighted by Gasteiger charge is 2.22. The van der Waals surface area contributed by atoms with Gasteiger partial charge in [-0.3, -0.25) is 0 Å². The predicted octanol–water partition coefficient (Wildman–Crippen LogP) is 10.9. The Bertz CT molecular complexity index is 2790. The Labute approximate surface area is 287 Å². The molecule has 0 radical (unpaired) electrons. The zero-order valence-electron chi connectivity index (χ0n) is 26.7. The van der Waals surface area contributed by atoms with Crippen molar-refractivity contribution in [2.45, 2.75) is 6.17 Å². The van der Waals surface area contributed by atoms with Crippen LogP contribution in [0.4, 0.5) is 0 Å². The minimum Gasteiger partial charge on any atom is -0.455 e. The average Bonchev–Trinajstić information content (AvgIpc) is 3.77. The third-order valence-electron chi connectivity index (χ3n) is 9.40. The van der Waals surface area contributed by atoms with E-state index in [1.54, 1.807) is 0 Å². The maximum Gasteiger partial charge on any atom is 0.159 e. The molecular weight excluding hydrogens is 615 g/mol. The first kappa shape index (κ1) is 28.1. The number of furan rings is 2. The Morgan fingerprint density at radius 3 is 2.12 bits per heavy atom. The van der Waals surface area contributed by atoms with Crippen LogP contribution in [0, 0.1) is 12.1 Å². The van der Waals surface area contributed by atoms with Gasteiger partial charge in [-0.15, -0.1) is 0 Å². The second kappa shape index (κ2) is 11.4. The highest BCUT2D eigenvalue weighted by molar-refractivity contribution is 6.14. The molecule has 234 valence electrons. The fourth-order valence-electron chi connectivity index (χ4n) is 6.97. The number of benzene rings is 6. The van der Waals surface area contributed by atoms with Crippen molar-refractivity contribution in [3.05, 3.63) is 180 Å². The van der Waals surface area contributed by atoms with E-state index in [2.05, 4.69) is 90.2 Å². The van der Waals surface area contributed by atoms with Crippen LogP contribution in [0.2, 0.25) is 0 Å². The van der Waals surface area contributed by atoms with Crippen molar-refractivity contribution in [3.63, 3.8) is 0 Å². The van der Waals surface area contributed by atoms with Gasteiger partial charge in [-0.2, -0.15) is 0 Å². The van der Waals surface area contributed by atoms with Crippen molar-refractivity contribution in [2.24, 2.45) is 9.98 Å². The number of aliphatic imine (C=N–C) groups is 2. The summed E-state index contributed by atoms with van der Waals surface area (Å²) in [5, 5.41) is 7.66. The van der Waals surface area contributed by atoms with E-state index in [1.807, 2.05) is 78.9 Å². The van der Waals surface area contributed by atoms with Gasteiger partial charge in [0.25, 0.3) is 0 Å². The van der Waals surface area contributed by atoms with E-state index in [0.29, 0.717) is 5.84 Å². The molecule has 50 heavy (non-hydrogen) atoms. The summed E-state index contributed by atoms with van der Waals surface area (Å²) >= 11 is 0. The second-order valence-corrected chi connectivity index (χ2v) is 12.4. The number of nitrogens with one attached hydrogen (secondary N) is 1. The van der Waals surface area contributed by atoms with Gasteiger partial charge in [0.2, 0.25) is 0 Å². The van der Waals surface area contributed by atoms with Gasteiger partial charge in [-0.05, 0) is 47.0 Å². The lowest BCUT2D eigenvalue weighted by atomic mass is 9.98. The zero-order chi connectivity index (χ0) is 33.0. The van der Waals surface area contributed by atoms with E-state index in [-0.39, 0.29) is 6.17 Å². The molecule has 1 aliphatic rings. The molecule has 2 aromatic heterocycles. The SMILES string of the molecule is c1cc(-c2ccc3oc4c(-c5cccc(C6N=C(c7ccccc7)N=C(c7ccccc7)N6)c5)cccc4c3c2)c2oc3ccccc3c2c#1. The summed E-state index contributed by atoms with van der Waals surface area (Å²) in [5.74, 6) is 1.49. The molecule has 9 aromatic rings. The van der Waals surface area contributed by atoms with Crippen LogP contribution < -0.4 is 5.32 Å². The maximum absolute atomic E-state index is 6.60.